The van der Waals surface area contributed by atoms with Gasteiger partial charge in [0.1, 0.15) is 12.2 Å². The van der Waals surface area contributed by atoms with Crippen LogP contribution < -0.4 is 10.6 Å². The van der Waals surface area contributed by atoms with Crippen molar-refractivity contribution in [3.8, 4) is 11.4 Å². The van der Waals surface area contributed by atoms with E-state index < -0.39 is 30.4 Å². The van der Waals surface area contributed by atoms with Crippen molar-refractivity contribution in [2.24, 2.45) is 0 Å². The van der Waals surface area contributed by atoms with Crippen molar-refractivity contribution in [3.63, 3.8) is 0 Å². The van der Waals surface area contributed by atoms with Crippen molar-refractivity contribution < 1.29 is 19.7 Å². The molecule has 29 heavy (non-hydrogen) atoms. The number of imidazole rings is 1. The SMILES string of the molecule is CNC(=O)[C@H]1O[C@@H](n2cnc3c(NC)nc(-c4cncc(Cl)c4)nc32)[C@H](O)[C@@H]1O. The fourth-order valence-electron chi connectivity index (χ4n) is 3.19. The van der Waals surface area contributed by atoms with E-state index in [-0.39, 0.29) is 0 Å². The van der Waals surface area contributed by atoms with Gasteiger partial charge in [-0.25, -0.2) is 15.0 Å². The van der Waals surface area contributed by atoms with Crippen LogP contribution >= 0.6 is 11.6 Å². The molecule has 0 aliphatic carbocycles. The summed E-state index contributed by atoms with van der Waals surface area (Å²) in [6.07, 6.45) is -0.581. The zero-order valence-corrected chi connectivity index (χ0v) is 16.2. The van der Waals surface area contributed by atoms with E-state index in [2.05, 4.69) is 30.6 Å². The van der Waals surface area contributed by atoms with Gasteiger partial charge in [-0.05, 0) is 6.07 Å². The highest BCUT2D eigenvalue weighted by atomic mass is 35.5. The lowest BCUT2D eigenvalue weighted by atomic mass is 10.1. The number of hydrogen-bond acceptors (Lipinski definition) is 9. The molecule has 0 unspecified atom stereocenters. The lowest BCUT2D eigenvalue weighted by Crippen LogP contribution is -2.41. The number of likely N-dealkylation sites (N-methyl/N-ethyl adjacent to an activating group) is 1. The number of amides is 1. The highest BCUT2D eigenvalue weighted by Gasteiger charge is 2.47. The summed E-state index contributed by atoms with van der Waals surface area (Å²) in [5.41, 5.74) is 1.35. The standard InChI is InChI=1S/C17H18ClN7O4/c1-19-14-9-15(24-13(23-14)7-3-8(18)5-21-4-7)25(6-22-9)17-11(27)10(26)12(29-17)16(28)20-2/h3-6,10-12,17,26-27H,1-2H3,(H,20,28)(H,19,23,24)/t10-,11+,12-,17+/m0/s1. The molecule has 0 radical (unpaired) electrons. The second-order valence-electron chi connectivity index (χ2n) is 6.40. The van der Waals surface area contributed by atoms with Crippen LogP contribution in [0.25, 0.3) is 22.6 Å². The summed E-state index contributed by atoms with van der Waals surface area (Å²) in [4.78, 5) is 29.3. The van der Waals surface area contributed by atoms with E-state index in [0.717, 1.165) is 0 Å². The summed E-state index contributed by atoms with van der Waals surface area (Å²) < 4.78 is 7.08. The normalized spacial score (nSPS) is 24.0. The number of fused-ring (bicyclic) bond motifs is 1. The number of ether oxygens (including phenoxy) is 1. The maximum atomic E-state index is 11.9. The number of nitrogens with one attached hydrogen (secondary N) is 2. The molecular weight excluding hydrogens is 402 g/mol. The van der Waals surface area contributed by atoms with Crippen molar-refractivity contribution in [1.82, 2.24) is 29.8 Å². The summed E-state index contributed by atoms with van der Waals surface area (Å²) in [5.74, 6) is 0.230. The van der Waals surface area contributed by atoms with Crippen molar-refractivity contribution in [2.45, 2.75) is 24.5 Å². The number of carbonyl (C=O) groups excluding carboxylic acids is 1. The number of nitrogens with zero attached hydrogens (tertiary/aromatic N) is 5. The van der Waals surface area contributed by atoms with Crippen LogP contribution in [0.1, 0.15) is 6.23 Å². The fraction of sp³-hybridized carbons (Fsp3) is 0.353. The Morgan fingerprint density at radius 2 is 2.03 bits per heavy atom. The molecule has 4 N–H and O–H groups in total. The molecule has 1 aliphatic rings. The Kier molecular flexibility index (Phi) is 5.04. The van der Waals surface area contributed by atoms with E-state index in [0.29, 0.717) is 33.4 Å². The van der Waals surface area contributed by atoms with Crippen LogP contribution in [0.2, 0.25) is 5.02 Å². The molecule has 0 saturated carbocycles. The Morgan fingerprint density at radius 3 is 2.72 bits per heavy atom. The number of halogens is 1. The number of aliphatic hydroxyl groups excluding tert-OH is 2. The van der Waals surface area contributed by atoms with Gasteiger partial charge in [-0.15, -0.1) is 0 Å². The number of pyridine rings is 1. The first kappa shape index (κ1) is 19.5. The van der Waals surface area contributed by atoms with E-state index in [4.69, 9.17) is 16.3 Å². The van der Waals surface area contributed by atoms with Gasteiger partial charge in [0, 0.05) is 32.1 Å². The maximum absolute atomic E-state index is 11.9. The third-order valence-corrected chi connectivity index (χ3v) is 4.85. The third kappa shape index (κ3) is 3.27. The first-order valence-corrected chi connectivity index (χ1v) is 9.08. The Morgan fingerprint density at radius 1 is 1.24 bits per heavy atom. The highest BCUT2D eigenvalue weighted by Crippen LogP contribution is 2.33. The van der Waals surface area contributed by atoms with E-state index >= 15 is 0 Å². The average molecular weight is 420 g/mol. The summed E-state index contributed by atoms with van der Waals surface area (Å²) in [7, 11) is 3.11. The minimum absolute atomic E-state index is 0.328. The molecule has 3 aromatic rings. The summed E-state index contributed by atoms with van der Waals surface area (Å²) in [5, 5.41) is 26.5. The van der Waals surface area contributed by atoms with Gasteiger partial charge < -0.3 is 25.6 Å². The largest absolute Gasteiger partial charge is 0.387 e. The average Bonchev–Trinajstić information content (AvgIpc) is 3.28. The monoisotopic (exact) mass is 419 g/mol. The van der Waals surface area contributed by atoms with Crippen LogP contribution in [-0.4, -0.2) is 73.0 Å². The van der Waals surface area contributed by atoms with E-state index in [1.807, 2.05) is 0 Å². The molecule has 3 aromatic heterocycles. The molecule has 152 valence electrons. The first-order chi connectivity index (χ1) is 13.9. The molecule has 1 saturated heterocycles. The predicted octanol–water partition coefficient (Wildman–Crippen LogP) is -0.0514. The van der Waals surface area contributed by atoms with Crippen molar-refractivity contribution >= 4 is 34.5 Å². The highest BCUT2D eigenvalue weighted by molar-refractivity contribution is 6.30. The molecule has 0 spiro atoms. The maximum Gasteiger partial charge on any atom is 0.251 e. The summed E-state index contributed by atoms with van der Waals surface area (Å²) >= 11 is 6.03. The molecule has 0 aromatic carbocycles. The number of rotatable bonds is 4. The van der Waals surface area contributed by atoms with Gasteiger partial charge in [-0.3, -0.25) is 14.3 Å². The van der Waals surface area contributed by atoms with Gasteiger partial charge in [0.15, 0.2) is 35.1 Å². The minimum Gasteiger partial charge on any atom is -0.387 e. The predicted molar refractivity (Wildman–Crippen MR) is 103 cm³/mol. The van der Waals surface area contributed by atoms with Crippen LogP contribution in [0.3, 0.4) is 0 Å². The smallest absolute Gasteiger partial charge is 0.251 e. The van der Waals surface area contributed by atoms with Gasteiger partial charge in [0.05, 0.1) is 11.3 Å². The van der Waals surface area contributed by atoms with Crippen molar-refractivity contribution in [3.05, 3.63) is 29.8 Å². The number of aliphatic hydroxyl groups is 2. The molecule has 1 amide bonds. The lowest BCUT2D eigenvalue weighted by molar-refractivity contribution is -0.137. The Hall–Kier alpha value is -2.86. The van der Waals surface area contributed by atoms with E-state index in [1.165, 1.54) is 24.1 Å². The molecular formula is C17H18ClN7O4. The molecule has 11 nitrogen and oxygen atoms in total. The van der Waals surface area contributed by atoms with Crippen LogP contribution in [0.5, 0.6) is 0 Å². The van der Waals surface area contributed by atoms with Crippen molar-refractivity contribution in [2.75, 3.05) is 19.4 Å². The van der Waals surface area contributed by atoms with Crippen molar-refractivity contribution in [1.29, 1.82) is 0 Å². The van der Waals surface area contributed by atoms with Crippen LogP contribution in [-0.2, 0) is 9.53 Å². The van der Waals surface area contributed by atoms with Gasteiger partial charge in [0.2, 0.25) is 0 Å². The molecule has 12 heteroatoms. The molecule has 1 fully saturated rings. The van der Waals surface area contributed by atoms with Crippen LogP contribution in [0.4, 0.5) is 5.82 Å². The third-order valence-electron chi connectivity index (χ3n) is 4.64. The molecule has 4 heterocycles. The summed E-state index contributed by atoms with van der Waals surface area (Å²) in [6, 6.07) is 1.67. The second-order valence-corrected chi connectivity index (χ2v) is 6.84. The second kappa shape index (κ2) is 7.52. The lowest BCUT2D eigenvalue weighted by Gasteiger charge is -2.17. The van der Waals surface area contributed by atoms with E-state index in [9.17, 15) is 15.0 Å². The summed E-state index contributed by atoms with van der Waals surface area (Å²) in [6.45, 7) is 0. The quantitative estimate of drug-likeness (QED) is 0.456. The Balaban J connectivity index is 1.82. The number of aromatic nitrogens is 5. The number of carbonyl (C=O) groups is 1. The topological polar surface area (TPSA) is 147 Å². The zero-order valence-electron chi connectivity index (χ0n) is 15.4. The Bertz CT molecular complexity index is 1080. The van der Waals surface area contributed by atoms with Gasteiger partial charge in [-0.1, -0.05) is 11.6 Å². The molecule has 0 bridgehead atoms. The van der Waals surface area contributed by atoms with Crippen LogP contribution in [0.15, 0.2) is 24.8 Å². The minimum atomic E-state index is -1.40. The molecule has 1 aliphatic heterocycles. The number of hydrogen-bond donors (Lipinski definition) is 4. The zero-order chi connectivity index (χ0) is 20.7. The number of anilines is 1. The molecule has 4 atom stereocenters. The first-order valence-electron chi connectivity index (χ1n) is 8.71. The van der Waals surface area contributed by atoms with Crippen LogP contribution in [0, 0.1) is 0 Å². The van der Waals surface area contributed by atoms with Gasteiger partial charge >= 0.3 is 0 Å². The Labute approximate surface area is 169 Å². The van der Waals surface area contributed by atoms with E-state index in [1.54, 1.807) is 19.3 Å². The van der Waals surface area contributed by atoms with Gasteiger partial charge in [0.25, 0.3) is 5.91 Å². The fourth-order valence-corrected chi connectivity index (χ4v) is 3.36. The van der Waals surface area contributed by atoms with Gasteiger partial charge in [-0.2, -0.15) is 0 Å². The molecule has 4 rings (SSSR count).